The van der Waals surface area contributed by atoms with E-state index in [0.717, 1.165) is 5.69 Å². The van der Waals surface area contributed by atoms with Gasteiger partial charge in [-0.2, -0.15) is 0 Å². The minimum absolute atomic E-state index is 0.00931. The highest BCUT2D eigenvalue weighted by Gasteiger charge is 2.38. The molecule has 0 bridgehead atoms. The van der Waals surface area contributed by atoms with Crippen LogP contribution in [0.4, 0.5) is 5.13 Å². The standard InChI is InChI=1S/C21H36N4O5S/c1-11(2)9-12(14(26)17(28)25-30)16(27)23-15(21(6,7)8)18(29)24-19-22-13(10-31-19)20(3,4)5/h10-12,14-15,26,30H,9H2,1-8H3,(H,23,27)(H,25,28)(H,22,24,29)/t12?,14-,15?/m0/s1. The van der Waals surface area contributed by atoms with Crippen molar-refractivity contribution >= 4 is 34.2 Å². The summed E-state index contributed by atoms with van der Waals surface area (Å²) < 4.78 is 0. The SMILES string of the molecule is CC(C)CC(C(=O)NC(C(=O)Nc1nc(C(C)(C)C)cs1)C(C)(C)C)[C@H](O)C(=O)NO. The number of hydrogen-bond acceptors (Lipinski definition) is 7. The van der Waals surface area contributed by atoms with Gasteiger partial charge in [0.05, 0.1) is 11.6 Å². The van der Waals surface area contributed by atoms with E-state index in [1.165, 1.54) is 16.8 Å². The summed E-state index contributed by atoms with van der Waals surface area (Å²) in [5.74, 6) is -3.30. The Hall–Kier alpha value is -2.04. The molecule has 9 nitrogen and oxygen atoms in total. The van der Waals surface area contributed by atoms with Gasteiger partial charge < -0.3 is 15.7 Å². The number of carbonyl (C=O) groups is 3. The number of aliphatic hydroxyl groups excluding tert-OH is 1. The zero-order chi connectivity index (χ0) is 24.1. The fourth-order valence-corrected chi connectivity index (χ4v) is 3.85. The zero-order valence-electron chi connectivity index (χ0n) is 19.6. The molecule has 0 saturated carbocycles. The van der Waals surface area contributed by atoms with E-state index in [2.05, 4.69) is 15.6 Å². The molecule has 0 aliphatic carbocycles. The van der Waals surface area contributed by atoms with Gasteiger partial charge >= 0.3 is 0 Å². The number of hydrogen-bond donors (Lipinski definition) is 5. The quantitative estimate of drug-likeness (QED) is 0.301. The Balaban J connectivity index is 3.07. The molecule has 1 aromatic heterocycles. The molecule has 1 aromatic rings. The van der Waals surface area contributed by atoms with Crippen LogP contribution in [0.1, 0.15) is 67.5 Å². The average molecular weight is 457 g/mol. The molecule has 2 unspecified atom stereocenters. The number of amides is 3. The maximum Gasteiger partial charge on any atom is 0.272 e. The van der Waals surface area contributed by atoms with Crippen LogP contribution >= 0.6 is 11.3 Å². The predicted molar refractivity (Wildman–Crippen MR) is 120 cm³/mol. The van der Waals surface area contributed by atoms with Crippen molar-refractivity contribution in [2.24, 2.45) is 17.3 Å². The van der Waals surface area contributed by atoms with Crippen molar-refractivity contribution < 1.29 is 24.7 Å². The monoisotopic (exact) mass is 456 g/mol. The Morgan fingerprint density at radius 1 is 1.06 bits per heavy atom. The molecule has 10 heteroatoms. The number of thiazole rings is 1. The van der Waals surface area contributed by atoms with E-state index in [0.29, 0.717) is 5.13 Å². The lowest BCUT2D eigenvalue weighted by atomic mass is 9.84. The number of aromatic nitrogens is 1. The molecule has 0 radical (unpaired) electrons. The second-order valence-electron chi connectivity index (χ2n) is 10.2. The summed E-state index contributed by atoms with van der Waals surface area (Å²) in [6, 6.07) is -0.943. The molecule has 0 aliphatic rings. The minimum atomic E-state index is -1.75. The zero-order valence-corrected chi connectivity index (χ0v) is 20.4. The maximum atomic E-state index is 13.0. The van der Waals surface area contributed by atoms with Crippen LogP contribution in [0.2, 0.25) is 0 Å². The predicted octanol–water partition coefficient (Wildman–Crippen LogP) is 2.44. The Bertz CT molecular complexity index is 779. The van der Waals surface area contributed by atoms with Crippen molar-refractivity contribution in [1.29, 1.82) is 0 Å². The molecule has 0 saturated heterocycles. The Kier molecular flexibility index (Phi) is 9.16. The number of hydroxylamine groups is 1. The Morgan fingerprint density at radius 3 is 2.06 bits per heavy atom. The Labute approximate surface area is 188 Å². The summed E-state index contributed by atoms with van der Waals surface area (Å²) in [5, 5.41) is 26.8. The largest absolute Gasteiger partial charge is 0.382 e. The van der Waals surface area contributed by atoms with Crippen LogP contribution in [0.5, 0.6) is 0 Å². The number of nitrogens with one attached hydrogen (secondary N) is 3. The van der Waals surface area contributed by atoms with Gasteiger partial charge in [0.1, 0.15) is 12.1 Å². The topological polar surface area (TPSA) is 141 Å². The first-order valence-corrected chi connectivity index (χ1v) is 11.1. The first-order valence-electron chi connectivity index (χ1n) is 10.3. The average Bonchev–Trinajstić information content (AvgIpc) is 3.10. The van der Waals surface area contributed by atoms with E-state index >= 15 is 0 Å². The van der Waals surface area contributed by atoms with Gasteiger partial charge in [-0.1, -0.05) is 55.4 Å². The van der Waals surface area contributed by atoms with Crippen LogP contribution in [0, 0.1) is 17.3 Å². The van der Waals surface area contributed by atoms with Crippen molar-refractivity contribution in [3.8, 4) is 0 Å². The highest BCUT2D eigenvalue weighted by molar-refractivity contribution is 7.14. The van der Waals surface area contributed by atoms with Crippen LogP contribution in [-0.2, 0) is 19.8 Å². The third kappa shape index (κ3) is 7.86. The fourth-order valence-electron chi connectivity index (χ4n) is 2.91. The molecule has 176 valence electrons. The summed E-state index contributed by atoms with van der Waals surface area (Å²) in [5.41, 5.74) is 1.40. The van der Waals surface area contributed by atoms with Gasteiger partial charge in [0.25, 0.3) is 5.91 Å². The fraction of sp³-hybridized carbons (Fsp3) is 0.714. The van der Waals surface area contributed by atoms with Crippen molar-refractivity contribution in [2.75, 3.05) is 5.32 Å². The third-order valence-corrected chi connectivity index (χ3v) is 5.50. The summed E-state index contributed by atoms with van der Waals surface area (Å²) in [4.78, 5) is 42.1. The van der Waals surface area contributed by atoms with Crippen LogP contribution in [0.3, 0.4) is 0 Å². The lowest BCUT2D eigenvalue weighted by molar-refractivity contribution is -0.147. The molecule has 1 heterocycles. The normalized spacial score (nSPS) is 15.2. The van der Waals surface area contributed by atoms with Crippen molar-refractivity contribution in [2.45, 2.75) is 79.4 Å². The smallest absolute Gasteiger partial charge is 0.272 e. The summed E-state index contributed by atoms with van der Waals surface area (Å²) >= 11 is 1.30. The van der Waals surface area contributed by atoms with Gasteiger partial charge in [-0.25, -0.2) is 10.5 Å². The van der Waals surface area contributed by atoms with Gasteiger partial charge in [-0.3, -0.25) is 19.6 Å². The molecule has 0 aromatic carbocycles. The Morgan fingerprint density at radius 2 is 1.65 bits per heavy atom. The van der Waals surface area contributed by atoms with Crippen molar-refractivity contribution in [1.82, 2.24) is 15.8 Å². The maximum absolute atomic E-state index is 13.0. The highest BCUT2D eigenvalue weighted by Crippen LogP contribution is 2.28. The first kappa shape index (κ1) is 27.0. The van der Waals surface area contributed by atoms with E-state index in [9.17, 15) is 19.5 Å². The molecule has 1 rings (SSSR count). The third-order valence-electron chi connectivity index (χ3n) is 4.74. The lowest BCUT2D eigenvalue weighted by Gasteiger charge is -2.32. The molecular weight excluding hydrogens is 420 g/mol. The van der Waals surface area contributed by atoms with Gasteiger partial charge in [0.2, 0.25) is 11.8 Å². The number of rotatable bonds is 8. The van der Waals surface area contributed by atoms with Crippen LogP contribution in [0.25, 0.3) is 0 Å². The van der Waals surface area contributed by atoms with E-state index < -0.39 is 41.2 Å². The van der Waals surface area contributed by atoms with Crippen LogP contribution in [0.15, 0.2) is 5.38 Å². The number of carbonyl (C=O) groups excluding carboxylic acids is 3. The summed E-state index contributed by atoms with van der Waals surface area (Å²) in [6.45, 7) is 15.1. The van der Waals surface area contributed by atoms with E-state index in [4.69, 9.17) is 5.21 Å². The molecular formula is C21H36N4O5S. The van der Waals surface area contributed by atoms with Crippen LogP contribution in [-0.4, -0.2) is 45.2 Å². The number of anilines is 1. The molecule has 31 heavy (non-hydrogen) atoms. The van der Waals surface area contributed by atoms with Gasteiger partial charge in [-0.05, 0) is 17.8 Å². The van der Waals surface area contributed by atoms with E-state index in [1.54, 1.807) is 20.8 Å². The van der Waals surface area contributed by atoms with Crippen LogP contribution < -0.4 is 16.1 Å². The summed E-state index contributed by atoms with van der Waals surface area (Å²) in [7, 11) is 0. The van der Waals surface area contributed by atoms with Crippen molar-refractivity contribution in [3.05, 3.63) is 11.1 Å². The van der Waals surface area contributed by atoms with Crippen molar-refractivity contribution in [3.63, 3.8) is 0 Å². The number of nitrogens with zero attached hydrogens (tertiary/aromatic N) is 1. The van der Waals surface area contributed by atoms with E-state index in [1.807, 2.05) is 40.0 Å². The molecule has 3 amide bonds. The van der Waals surface area contributed by atoms with E-state index in [-0.39, 0.29) is 17.8 Å². The molecule has 0 aliphatic heterocycles. The molecule has 0 spiro atoms. The number of aliphatic hydroxyl groups is 1. The molecule has 3 atom stereocenters. The summed E-state index contributed by atoms with van der Waals surface area (Å²) in [6.07, 6.45) is -1.55. The molecule has 5 N–H and O–H groups in total. The van der Waals surface area contributed by atoms with Gasteiger partial charge in [0.15, 0.2) is 5.13 Å². The highest BCUT2D eigenvalue weighted by atomic mass is 32.1. The minimum Gasteiger partial charge on any atom is -0.382 e. The first-order chi connectivity index (χ1) is 14.1. The van der Waals surface area contributed by atoms with Gasteiger partial charge in [0, 0.05) is 10.8 Å². The molecule has 0 fully saturated rings. The lowest BCUT2D eigenvalue weighted by Crippen LogP contribution is -2.55. The second-order valence-corrected chi connectivity index (χ2v) is 11.1. The second kappa shape index (κ2) is 10.5. The van der Waals surface area contributed by atoms with Gasteiger partial charge in [-0.15, -0.1) is 11.3 Å².